The molecule has 1 rings (SSSR count). The van der Waals surface area contributed by atoms with Crippen LogP contribution in [0.25, 0.3) is 0 Å². The van der Waals surface area contributed by atoms with Gasteiger partial charge < -0.3 is 19.7 Å². The average molecular weight is 237 g/mol. The lowest BCUT2D eigenvalue weighted by Crippen LogP contribution is -2.17. The lowest BCUT2D eigenvalue weighted by atomic mass is 10.0. The van der Waals surface area contributed by atoms with E-state index in [4.69, 9.17) is 14.7 Å². The van der Waals surface area contributed by atoms with E-state index in [0.29, 0.717) is 17.1 Å². The zero-order chi connectivity index (χ0) is 12.8. The topological polar surface area (TPSA) is 82.7 Å². The van der Waals surface area contributed by atoms with Gasteiger partial charge in [0.2, 0.25) is 0 Å². The number of nitrogens with zero attached hydrogens (tertiary/aromatic N) is 1. The molecule has 1 aromatic rings. The standard InChI is InChI=1S/C12H15NO4/c1-16-9-5-8(6-10(7-9)17-2)12(15)11(14)3-4-13/h5-7,11-12,14-15H,3H2,1-2H3. The van der Waals surface area contributed by atoms with Crippen LogP contribution >= 0.6 is 0 Å². The molecule has 0 bridgehead atoms. The molecule has 2 unspecified atom stereocenters. The van der Waals surface area contributed by atoms with Crippen molar-refractivity contribution in [1.29, 1.82) is 5.26 Å². The van der Waals surface area contributed by atoms with Crippen molar-refractivity contribution in [1.82, 2.24) is 0 Å². The number of benzene rings is 1. The number of methoxy groups -OCH3 is 2. The minimum atomic E-state index is -1.14. The molecule has 92 valence electrons. The van der Waals surface area contributed by atoms with E-state index >= 15 is 0 Å². The highest BCUT2D eigenvalue weighted by atomic mass is 16.5. The van der Waals surface area contributed by atoms with Crippen LogP contribution in [-0.4, -0.2) is 30.5 Å². The van der Waals surface area contributed by atoms with Gasteiger partial charge in [0.25, 0.3) is 0 Å². The van der Waals surface area contributed by atoms with Gasteiger partial charge in [-0.25, -0.2) is 0 Å². The van der Waals surface area contributed by atoms with E-state index in [1.807, 2.05) is 0 Å². The van der Waals surface area contributed by atoms with Crippen molar-refractivity contribution in [2.75, 3.05) is 14.2 Å². The zero-order valence-corrected chi connectivity index (χ0v) is 9.75. The third-order valence-corrected chi connectivity index (χ3v) is 2.38. The molecule has 2 N–H and O–H groups in total. The smallest absolute Gasteiger partial charge is 0.122 e. The first-order chi connectivity index (χ1) is 8.12. The van der Waals surface area contributed by atoms with Crippen molar-refractivity contribution in [2.45, 2.75) is 18.6 Å². The van der Waals surface area contributed by atoms with Crippen LogP contribution in [0.4, 0.5) is 0 Å². The molecule has 5 nitrogen and oxygen atoms in total. The molecular formula is C12H15NO4. The van der Waals surface area contributed by atoms with Crippen LogP contribution in [0.5, 0.6) is 11.5 Å². The molecular weight excluding hydrogens is 222 g/mol. The number of hydrogen-bond acceptors (Lipinski definition) is 5. The van der Waals surface area contributed by atoms with Crippen LogP contribution in [0, 0.1) is 11.3 Å². The van der Waals surface area contributed by atoms with Gasteiger partial charge >= 0.3 is 0 Å². The van der Waals surface area contributed by atoms with E-state index in [2.05, 4.69) is 0 Å². The van der Waals surface area contributed by atoms with Crippen molar-refractivity contribution in [3.63, 3.8) is 0 Å². The molecule has 0 amide bonds. The zero-order valence-electron chi connectivity index (χ0n) is 9.75. The second-order valence-corrected chi connectivity index (χ2v) is 3.52. The Morgan fingerprint density at radius 3 is 2.12 bits per heavy atom. The van der Waals surface area contributed by atoms with Gasteiger partial charge in [-0.1, -0.05) is 0 Å². The molecule has 1 aromatic carbocycles. The van der Waals surface area contributed by atoms with E-state index in [1.54, 1.807) is 24.3 Å². The number of ether oxygens (including phenoxy) is 2. The molecule has 0 aliphatic rings. The normalized spacial score (nSPS) is 13.6. The molecule has 0 fully saturated rings. The highest BCUT2D eigenvalue weighted by molar-refractivity contribution is 5.39. The molecule has 5 heteroatoms. The van der Waals surface area contributed by atoms with Crippen molar-refractivity contribution < 1.29 is 19.7 Å². The van der Waals surface area contributed by atoms with E-state index in [0.717, 1.165) is 0 Å². The molecule has 0 spiro atoms. The SMILES string of the molecule is COc1cc(OC)cc(C(O)C(O)CC#N)c1. The minimum absolute atomic E-state index is 0.138. The summed E-state index contributed by atoms with van der Waals surface area (Å²) in [6.45, 7) is 0. The van der Waals surface area contributed by atoms with E-state index in [-0.39, 0.29) is 6.42 Å². The van der Waals surface area contributed by atoms with Gasteiger partial charge in [-0.05, 0) is 17.7 Å². The molecule has 0 aromatic heterocycles. The van der Waals surface area contributed by atoms with Gasteiger partial charge in [-0.2, -0.15) is 5.26 Å². The predicted octanol–water partition coefficient (Wildman–Crippen LogP) is 1.01. The van der Waals surface area contributed by atoms with E-state index in [9.17, 15) is 10.2 Å². The van der Waals surface area contributed by atoms with Gasteiger partial charge in [0.15, 0.2) is 0 Å². The third-order valence-electron chi connectivity index (χ3n) is 2.38. The summed E-state index contributed by atoms with van der Waals surface area (Å²) in [6.07, 6.45) is -2.41. The molecule has 0 aliphatic heterocycles. The summed E-state index contributed by atoms with van der Waals surface area (Å²) < 4.78 is 10.1. The third kappa shape index (κ3) is 3.34. The molecule has 0 heterocycles. The molecule has 17 heavy (non-hydrogen) atoms. The lowest BCUT2D eigenvalue weighted by Gasteiger charge is -2.17. The molecule has 0 saturated carbocycles. The summed E-state index contributed by atoms with van der Waals surface area (Å²) in [5.74, 6) is 1.03. The molecule has 2 atom stereocenters. The molecule has 0 saturated heterocycles. The van der Waals surface area contributed by atoms with E-state index < -0.39 is 12.2 Å². The Bertz CT molecular complexity index is 391. The van der Waals surface area contributed by atoms with Crippen molar-refractivity contribution >= 4 is 0 Å². The Morgan fingerprint density at radius 1 is 1.18 bits per heavy atom. The van der Waals surface area contributed by atoms with Crippen LogP contribution in [0.15, 0.2) is 18.2 Å². The molecule has 0 radical (unpaired) electrons. The van der Waals surface area contributed by atoms with Crippen LogP contribution in [-0.2, 0) is 0 Å². The Morgan fingerprint density at radius 2 is 1.71 bits per heavy atom. The fourth-order valence-corrected chi connectivity index (χ4v) is 1.43. The van der Waals surface area contributed by atoms with Crippen LogP contribution in [0.2, 0.25) is 0 Å². The van der Waals surface area contributed by atoms with Crippen LogP contribution in [0.1, 0.15) is 18.1 Å². The largest absolute Gasteiger partial charge is 0.497 e. The van der Waals surface area contributed by atoms with Gasteiger partial charge in [0.1, 0.15) is 17.6 Å². The van der Waals surface area contributed by atoms with Gasteiger partial charge in [-0.15, -0.1) is 0 Å². The quantitative estimate of drug-likeness (QED) is 0.798. The maximum Gasteiger partial charge on any atom is 0.122 e. The van der Waals surface area contributed by atoms with Crippen LogP contribution in [0.3, 0.4) is 0 Å². The lowest BCUT2D eigenvalue weighted by molar-refractivity contribution is 0.0214. The summed E-state index contributed by atoms with van der Waals surface area (Å²) in [4.78, 5) is 0. The van der Waals surface area contributed by atoms with Gasteiger partial charge in [0.05, 0.1) is 32.8 Å². The second-order valence-electron chi connectivity index (χ2n) is 3.52. The van der Waals surface area contributed by atoms with Crippen molar-refractivity contribution in [3.8, 4) is 17.6 Å². The highest BCUT2D eigenvalue weighted by Crippen LogP contribution is 2.28. The first-order valence-corrected chi connectivity index (χ1v) is 5.08. The van der Waals surface area contributed by atoms with Crippen molar-refractivity contribution in [2.24, 2.45) is 0 Å². The Hall–Kier alpha value is -1.77. The number of aliphatic hydroxyl groups excluding tert-OH is 2. The van der Waals surface area contributed by atoms with Gasteiger partial charge in [0, 0.05) is 6.07 Å². The Balaban J connectivity index is 3.00. The number of hydrogen-bond donors (Lipinski definition) is 2. The number of aliphatic hydroxyl groups is 2. The van der Waals surface area contributed by atoms with Gasteiger partial charge in [-0.3, -0.25) is 0 Å². The molecule has 0 aliphatic carbocycles. The average Bonchev–Trinajstić information content (AvgIpc) is 2.37. The first-order valence-electron chi connectivity index (χ1n) is 5.08. The Labute approximate surface area is 99.8 Å². The summed E-state index contributed by atoms with van der Waals surface area (Å²) >= 11 is 0. The monoisotopic (exact) mass is 237 g/mol. The maximum atomic E-state index is 9.85. The summed E-state index contributed by atoms with van der Waals surface area (Å²) in [6, 6.07) is 6.64. The summed E-state index contributed by atoms with van der Waals surface area (Å²) in [5.41, 5.74) is 0.448. The fraction of sp³-hybridized carbons (Fsp3) is 0.417. The Kier molecular flexibility index (Phi) is 4.76. The maximum absolute atomic E-state index is 9.85. The summed E-state index contributed by atoms with van der Waals surface area (Å²) in [7, 11) is 2.99. The first kappa shape index (κ1) is 13.3. The van der Waals surface area contributed by atoms with Crippen LogP contribution < -0.4 is 9.47 Å². The fourth-order valence-electron chi connectivity index (χ4n) is 1.43. The minimum Gasteiger partial charge on any atom is -0.497 e. The number of nitriles is 1. The van der Waals surface area contributed by atoms with E-state index in [1.165, 1.54) is 14.2 Å². The predicted molar refractivity (Wildman–Crippen MR) is 60.7 cm³/mol. The second kappa shape index (κ2) is 6.09. The van der Waals surface area contributed by atoms with Crippen molar-refractivity contribution in [3.05, 3.63) is 23.8 Å². The highest BCUT2D eigenvalue weighted by Gasteiger charge is 2.19. The summed E-state index contributed by atoms with van der Waals surface area (Å²) in [5, 5.41) is 27.9. The number of rotatable bonds is 5.